The van der Waals surface area contributed by atoms with Gasteiger partial charge in [0, 0.05) is 17.6 Å². The normalized spacial score (nSPS) is 11.4. The Morgan fingerprint density at radius 3 is 2.47 bits per heavy atom. The van der Waals surface area contributed by atoms with Gasteiger partial charge in [0.1, 0.15) is 0 Å². The van der Waals surface area contributed by atoms with Gasteiger partial charge in [-0.15, -0.1) is 0 Å². The van der Waals surface area contributed by atoms with Crippen LogP contribution in [0, 0.1) is 0 Å². The molecule has 0 radical (unpaired) electrons. The van der Waals surface area contributed by atoms with Crippen molar-refractivity contribution in [3.63, 3.8) is 0 Å². The minimum atomic E-state index is -0.374. The number of primary amides is 1. The molecule has 0 spiro atoms. The molecule has 3 heteroatoms. The van der Waals surface area contributed by atoms with Crippen LogP contribution in [0.5, 0.6) is 0 Å². The van der Waals surface area contributed by atoms with E-state index >= 15 is 0 Å². The molecule has 0 aliphatic carbocycles. The highest BCUT2D eigenvalue weighted by molar-refractivity contribution is 5.94. The maximum Gasteiger partial charge on any atom is 0.249 e. The summed E-state index contributed by atoms with van der Waals surface area (Å²) in [6.45, 7) is 6.91. The Labute approximate surface area is 90.7 Å². The second-order valence-corrected chi connectivity index (χ2v) is 4.62. The van der Waals surface area contributed by atoms with Crippen LogP contribution in [0.2, 0.25) is 0 Å². The lowest BCUT2D eigenvalue weighted by Gasteiger charge is -2.21. The first-order chi connectivity index (χ1) is 6.90. The van der Waals surface area contributed by atoms with Crippen molar-refractivity contribution in [1.29, 1.82) is 0 Å². The predicted molar refractivity (Wildman–Crippen MR) is 61.6 cm³/mol. The molecule has 0 aromatic heterocycles. The number of rotatable bonds is 3. The second kappa shape index (κ2) is 4.45. The van der Waals surface area contributed by atoms with Gasteiger partial charge in [0.15, 0.2) is 0 Å². The average molecular weight is 206 g/mol. The first kappa shape index (κ1) is 11.7. The summed E-state index contributed by atoms with van der Waals surface area (Å²) >= 11 is 0. The Balaban J connectivity index is 2.81. The number of amides is 1. The van der Waals surface area contributed by atoms with Gasteiger partial charge in [-0.2, -0.15) is 0 Å². The largest absolute Gasteiger partial charge is 0.366 e. The topological polar surface area (TPSA) is 55.1 Å². The van der Waals surface area contributed by atoms with E-state index in [0.29, 0.717) is 12.1 Å². The molecule has 0 aliphatic rings. The van der Waals surface area contributed by atoms with Gasteiger partial charge >= 0.3 is 0 Å². The van der Waals surface area contributed by atoms with E-state index < -0.39 is 0 Å². The molecule has 1 amide bonds. The number of nitrogens with one attached hydrogen (secondary N) is 1. The Bertz CT molecular complexity index is 353. The van der Waals surface area contributed by atoms with Crippen molar-refractivity contribution in [2.24, 2.45) is 5.73 Å². The van der Waals surface area contributed by atoms with Gasteiger partial charge < -0.3 is 11.1 Å². The Kier molecular flexibility index (Phi) is 3.48. The van der Waals surface area contributed by atoms with E-state index in [9.17, 15) is 4.79 Å². The molecule has 82 valence electrons. The highest BCUT2D eigenvalue weighted by Gasteiger charge is 2.11. The summed E-state index contributed by atoms with van der Waals surface area (Å²) in [4.78, 5) is 11.1. The van der Waals surface area contributed by atoms with Crippen molar-refractivity contribution in [3.8, 4) is 0 Å². The van der Waals surface area contributed by atoms with E-state index in [1.807, 2.05) is 18.2 Å². The summed E-state index contributed by atoms with van der Waals surface area (Å²) in [6.07, 6.45) is 0. The minimum Gasteiger partial charge on any atom is -0.366 e. The second-order valence-electron chi connectivity index (χ2n) is 4.62. The third-order valence-electron chi connectivity index (χ3n) is 2.09. The molecule has 1 aromatic rings. The van der Waals surface area contributed by atoms with E-state index in [0.717, 1.165) is 5.56 Å². The smallest absolute Gasteiger partial charge is 0.249 e. The molecule has 0 unspecified atom stereocenters. The van der Waals surface area contributed by atoms with Crippen LogP contribution in [0.1, 0.15) is 36.7 Å². The van der Waals surface area contributed by atoms with Gasteiger partial charge in [0.2, 0.25) is 5.91 Å². The zero-order chi connectivity index (χ0) is 11.5. The standard InChI is InChI=1S/C12H18N2O/c1-12(2,3)14-8-9-6-4-5-7-10(9)11(13)15/h4-7,14H,8H2,1-3H3,(H2,13,15). The van der Waals surface area contributed by atoms with Gasteiger partial charge in [-0.05, 0) is 32.4 Å². The summed E-state index contributed by atoms with van der Waals surface area (Å²) in [5.74, 6) is -0.374. The first-order valence-electron chi connectivity index (χ1n) is 5.03. The van der Waals surface area contributed by atoms with E-state index in [-0.39, 0.29) is 11.4 Å². The van der Waals surface area contributed by atoms with Gasteiger partial charge in [-0.25, -0.2) is 0 Å². The summed E-state index contributed by atoms with van der Waals surface area (Å²) < 4.78 is 0. The molecular formula is C12H18N2O. The molecular weight excluding hydrogens is 188 g/mol. The van der Waals surface area contributed by atoms with Crippen molar-refractivity contribution in [2.75, 3.05) is 0 Å². The SMILES string of the molecule is CC(C)(C)NCc1ccccc1C(N)=O. The Hall–Kier alpha value is -1.35. The predicted octanol–water partition coefficient (Wildman–Crippen LogP) is 1.67. The molecule has 0 saturated carbocycles. The molecule has 1 rings (SSSR count). The van der Waals surface area contributed by atoms with E-state index in [2.05, 4.69) is 26.1 Å². The first-order valence-corrected chi connectivity index (χ1v) is 5.03. The zero-order valence-electron chi connectivity index (χ0n) is 9.50. The fourth-order valence-electron chi connectivity index (χ4n) is 1.28. The monoisotopic (exact) mass is 206 g/mol. The van der Waals surface area contributed by atoms with Crippen LogP contribution in [-0.2, 0) is 6.54 Å². The summed E-state index contributed by atoms with van der Waals surface area (Å²) in [6, 6.07) is 7.40. The molecule has 3 N–H and O–H groups in total. The highest BCUT2D eigenvalue weighted by Crippen LogP contribution is 2.09. The highest BCUT2D eigenvalue weighted by atomic mass is 16.1. The van der Waals surface area contributed by atoms with E-state index in [1.165, 1.54) is 0 Å². The number of carbonyl (C=O) groups is 1. The van der Waals surface area contributed by atoms with Gasteiger partial charge in [0.05, 0.1) is 0 Å². The molecule has 15 heavy (non-hydrogen) atoms. The van der Waals surface area contributed by atoms with Crippen LogP contribution >= 0.6 is 0 Å². The zero-order valence-corrected chi connectivity index (χ0v) is 9.50. The van der Waals surface area contributed by atoms with Crippen molar-refractivity contribution in [1.82, 2.24) is 5.32 Å². The number of benzene rings is 1. The molecule has 0 aliphatic heterocycles. The lowest BCUT2D eigenvalue weighted by molar-refractivity contribution is 0.0999. The van der Waals surface area contributed by atoms with Crippen molar-refractivity contribution in [3.05, 3.63) is 35.4 Å². The summed E-state index contributed by atoms with van der Waals surface area (Å²) in [7, 11) is 0. The summed E-state index contributed by atoms with van der Waals surface area (Å²) in [5, 5.41) is 3.33. The van der Waals surface area contributed by atoms with Gasteiger partial charge in [-0.3, -0.25) is 4.79 Å². The fourth-order valence-corrected chi connectivity index (χ4v) is 1.28. The number of hydrogen-bond donors (Lipinski definition) is 2. The van der Waals surface area contributed by atoms with Gasteiger partial charge in [-0.1, -0.05) is 18.2 Å². The molecule has 0 saturated heterocycles. The third kappa shape index (κ3) is 3.72. The van der Waals surface area contributed by atoms with Crippen LogP contribution in [-0.4, -0.2) is 11.4 Å². The van der Waals surface area contributed by atoms with Crippen molar-refractivity contribution in [2.45, 2.75) is 32.9 Å². The molecule has 0 heterocycles. The van der Waals surface area contributed by atoms with Crippen LogP contribution in [0.3, 0.4) is 0 Å². The third-order valence-corrected chi connectivity index (χ3v) is 2.09. The fraction of sp³-hybridized carbons (Fsp3) is 0.417. The quantitative estimate of drug-likeness (QED) is 0.790. The van der Waals surface area contributed by atoms with Crippen LogP contribution in [0.25, 0.3) is 0 Å². The summed E-state index contributed by atoms with van der Waals surface area (Å²) in [5.41, 5.74) is 6.86. The minimum absolute atomic E-state index is 0.0325. The molecule has 0 bridgehead atoms. The average Bonchev–Trinajstić information content (AvgIpc) is 2.14. The maximum absolute atomic E-state index is 11.1. The van der Waals surface area contributed by atoms with Crippen molar-refractivity contribution < 1.29 is 4.79 Å². The lowest BCUT2D eigenvalue weighted by atomic mass is 10.0. The molecule has 1 aromatic carbocycles. The van der Waals surface area contributed by atoms with E-state index in [1.54, 1.807) is 6.07 Å². The lowest BCUT2D eigenvalue weighted by Crippen LogP contribution is -2.35. The Morgan fingerprint density at radius 1 is 1.33 bits per heavy atom. The van der Waals surface area contributed by atoms with E-state index in [4.69, 9.17) is 5.73 Å². The van der Waals surface area contributed by atoms with Crippen LogP contribution in [0.15, 0.2) is 24.3 Å². The molecule has 0 fully saturated rings. The van der Waals surface area contributed by atoms with Crippen LogP contribution in [0.4, 0.5) is 0 Å². The number of carbonyl (C=O) groups excluding carboxylic acids is 1. The Morgan fingerprint density at radius 2 is 1.93 bits per heavy atom. The van der Waals surface area contributed by atoms with Crippen molar-refractivity contribution >= 4 is 5.91 Å². The number of hydrogen-bond acceptors (Lipinski definition) is 2. The maximum atomic E-state index is 11.1. The van der Waals surface area contributed by atoms with Crippen LogP contribution < -0.4 is 11.1 Å². The number of nitrogens with two attached hydrogens (primary N) is 1. The molecule has 3 nitrogen and oxygen atoms in total. The van der Waals surface area contributed by atoms with Gasteiger partial charge in [0.25, 0.3) is 0 Å². The molecule has 0 atom stereocenters.